The minimum absolute atomic E-state index is 0.0740. The highest BCUT2D eigenvalue weighted by molar-refractivity contribution is 6.31. The zero-order valence-corrected chi connectivity index (χ0v) is 14.5. The summed E-state index contributed by atoms with van der Waals surface area (Å²) in [7, 11) is 2.03. The summed E-state index contributed by atoms with van der Waals surface area (Å²) in [6, 6.07) is 17.6. The standard InChI is InChI=1S/C20H21ClN2O/c1-23(16-17-9-3-2-4-10-17)14-8-7-13-22-20(24)15-18-11-5-6-12-19(18)21/h2-6,9-12H,13-16H2,1H3,(H,22,24). The van der Waals surface area contributed by atoms with Crippen molar-refractivity contribution < 1.29 is 4.79 Å². The molecule has 0 saturated carbocycles. The summed E-state index contributed by atoms with van der Waals surface area (Å²) < 4.78 is 0. The molecule has 0 radical (unpaired) electrons. The molecule has 0 spiro atoms. The van der Waals surface area contributed by atoms with Crippen LogP contribution in [0.1, 0.15) is 11.1 Å². The van der Waals surface area contributed by atoms with E-state index >= 15 is 0 Å². The van der Waals surface area contributed by atoms with Crippen molar-refractivity contribution in [1.82, 2.24) is 10.2 Å². The fourth-order valence-corrected chi connectivity index (χ4v) is 2.43. The second-order valence-corrected chi connectivity index (χ2v) is 5.96. The highest BCUT2D eigenvalue weighted by Gasteiger charge is 2.05. The Hall–Kier alpha value is -2.28. The lowest BCUT2D eigenvalue weighted by atomic mass is 10.1. The number of hydrogen-bond acceptors (Lipinski definition) is 2. The van der Waals surface area contributed by atoms with Crippen LogP contribution in [-0.2, 0) is 17.8 Å². The smallest absolute Gasteiger partial charge is 0.225 e. The summed E-state index contributed by atoms with van der Waals surface area (Å²) in [6.07, 6.45) is 0.273. The molecule has 24 heavy (non-hydrogen) atoms. The van der Waals surface area contributed by atoms with Crippen molar-refractivity contribution in [3.05, 3.63) is 70.7 Å². The Morgan fingerprint density at radius 3 is 2.54 bits per heavy atom. The van der Waals surface area contributed by atoms with Gasteiger partial charge < -0.3 is 5.32 Å². The Labute approximate surface area is 148 Å². The predicted octanol–water partition coefficient (Wildman–Crippen LogP) is 3.13. The SMILES string of the molecule is CN(CC#CCNC(=O)Cc1ccccc1Cl)Cc1ccccc1. The average Bonchev–Trinajstić information content (AvgIpc) is 2.57. The number of amides is 1. The minimum atomic E-state index is -0.0740. The number of hydrogen-bond donors (Lipinski definition) is 1. The highest BCUT2D eigenvalue weighted by Crippen LogP contribution is 2.15. The largest absolute Gasteiger partial charge is 0.345 e. The molecular formula is C20H21ClN2O. The summed E-state index contributed by atoms with van der Waals surface area (Å²) in [5.41, 5.74) is 2.09. The lowest BCUT2D eigenvalue weighted by Gasteiger charge is -2.12. The number of nitrogens with one attached hydrogen (secondary N) is 1. The van der Waals surface area contributed by atoms with Gasteiger partial charge in [-0.2, -0.15) is 0 Å². The first-order chi connectivity index (χ1) is 11.6. The number of benzene rings is 2. The van der Waals surface area contributed by atoms with E-state index in [0.29, 0.717) is 18.1 Å². The second-order valence-electron chi connectivity index (χ2n) is 5.56. The summed E-state index contributed by atoms with van der Waals surface area (Å²) >= 11 is 6.04. The van der Waals surface area contributed by atoms with Gasteiger partial charge in [-0.25, -0.2) is 0 Å². The fraction of sp³-hybridized carbons (Fsp3) is 0.250. The Kier molecular flexibility index (Phi) is 7.35. The minimum Gasteiger partial charge on any atom is -0.345 e. The molecule has 0 aliphatic carbocycles. The summed E-state index contributed by atoms with van der Waals surface area (Å²) in [5.74, 6) is 5.97. The monoisotopic (exact) mass is 340 g/mol. The van der Waals surface area contributed by atoms with Crippen LogP contribution in [0.3, 0.4) is 0 Å². The number of carbonyl (C=O) groups is 1. The lowest BCUT2D eigenvalue weighted by molar-refractivity contribution is -0.120. The molecule has 0 bridgehead atoms. The first-order valence-electron chi connectivity index (χ1n) is 7.83. The van der Waals surface area contributed by atoms with E-state index in [1.54, 1.807) is 6.07 Å². The summed E-state index contributed by atoms with van der Waals surface area (Å²) in [6.45, 7) is 1.87. The second kappa shape index (κ2) is 9.77. The maximum atomic E-state index is 11.9. The van der Waals surface area contributed by atoms with Gasteiger partial charge in [0.1, 0.15) is 0 Å². The molecule has 3 nitrogen and oxygen atoms in total. The van der Waals surface area contributed by atoms with E-state index in [4.69, 9.17) is 11.6 Å². The van der Waals surface area contributed by atoms with Gasteiger partial charge in [0, 0.05) is 11.6 Å². The summed E-state index contributed by atoms with van der Waals surface area (Å²) in [4.78, 5) is 14.0. The summed E-state index contributed by atoms with van der Waals surface area (Å²) in [5, 5.41) is 3.40. The van der Waals surface area contributed by atoms with E-state index < -0.39 is 0 Å². The van der Waals surface area contributed by atoms with E-state index in [1.165, 1.54) is 5.56 Å². The van der Waals surface area contributed by atoms with Crippen molar-refractivity contribution in [3.8, 4) is 11.8 Å². The van der Waals surface area contributed by atoms with Gasteiger partial charge in [0.15, 0.2) is 0 Å². The highest BCUT2D eigenvalue weighted by atomic mass is 35.5. The average molecular weight is 341 g/mol. The van der Waals surface area contributed by atoms with Gasteiger partial charge in [0.25, 0.3) is 0 Å². The molecule has 4 heteroatoms. The van der Waals surface area contributed by atoms with Gasteiger partial charge >= 0.3 is 0 Å². The molecule has 1 N–H and O–H groups in total. The molecule has 124 valence electrons. The van der Waals surface area contributed by atoms with Crippen LogP contribution in [0.4, 0.5) is 0 Å². The van der Waals surface area contributed by atoms with Gasteiger partial charge in [-0.1, -0.05) is 72.0 Å². The van der Waals surface area contributed by atoms with Crippen molar-refractivity contribution in [1.29, 1.82) is 0 Å². The van der Waals surface area contributed by atoms with Crippen molar-refractivity contribution in [2.45, 2.75) is 13.0 Å². The van der Waals surface area contributed by atoms with E-state index in [9.17, 15) is 4.79 Å². The molecule has 0 heterocycles. The quantitative estimate of drug-likeness (QED) is 0.819. The molecule has 2 aromatic rings. The van der Waals surface area contributed by atoms with Crippen molar-refractivity contribution in [2.75, 3.05) is 20.1 Å². The van der Waals surface area contributed by atoms with Crippen LogP contribution in [0.15, 0.2) is 54.6 Å². The van der Waals surface area contributed by atoms with Gasteiger partial charge in [-0.3, -0.25) is 9.69 Å². The van der Waals surface area contributed by atoms with Crippen LogP contribution in [-0.4, -0.2) is 30.9 Å². The van der Waals surface area contributed by atoms with Crippen LogP contribution in [0, 0.1) is 11.8 Å². The molecule has 0 atom stereocenters. The molecular weight excluding hydrogens is 320 g/mol. The van der Waals surface area contributed by atoms with E-state index in [-0.39, 0.29) is 12.3 Å². The van der Waals surface area contributed by atoms with Gasteiger partial charge in [-0.05, 0) is 24.2 Å². The molecule has 2 aromatic carbocycles. The first kappa shape index (κ1) is 18.1. The number of rotatable bonds is 6. The molecule has 0 fully saturated rings. The van der Waals surface area contributed by atoms with Crippen LogP contribution >= 0.6 is 11.6 Å². The van der Waals surface area contributed by atoms with Crippen LogP contribution in [0.5, 0.6) is 0 Å². The van der Waals surface area contributed by atoms with Crippen molar-refractivity contribution >= 4 is 17.5 Å². The molecule has 2 rings (SSSR count). The Bertz CT molecular complexity index is 719. The van der Waals surface area contributed by atoms with Crippen molar-refractivity contribution in [3.63, 3.8) is 0 Å². The van der Waals surface area contributed by atoms with Crippen LogP contribution < -0.4 is 5.32 Å². The Morgan fingerprint density at radius 2 is 1.79 bits per heavy atom. The van der Waals surface area contributed by atoms with E-state index in [0.717, 1.165) is 12.1 Å². The number of carbonyl (C=O) groups excluding carboxylic acids is 1. The molecule has 1 amide bonds. The maximum absolute atomic E-state index is 11.9. The topological polar surface area (TPSA) is 32.3 Å². The van der Waals surface area contributed by atoms with Gasteiger partial charge in [0.05, 0.1) is 19.5 Å². The Balaban J connectivity index is 1.68. The zero-order chi connectivity index (χ0) is 17.2. The normalized spacial score (nSPS) is 10.1. The van der Waals surface area contributed by atoms with Crippen LogP contribution in [0.25, 0.3) is 0 Å². The van der Waals surface area contributed by atoms with Gasteiger partial charge in [-0.15, -0.1) is 0 Å². The number of halogens is 1. The number of nitrogens with zero attached hydrogens (tertiary/aromatic N) is 1. The van der Waals surface area contributed by atoms with Crippen LogP contribution in [0.2, 0.25) is 5.02 Å². The molecule has 0 saturated heterocycles. The molecule has 0 aromatic heterocycles. The maximum Gasteiger partial charge on any atom is 0.225 e. The zero-order valence-electron chi connectivity index (χ0n) is 13.8. The predicted molar refractivity (Wildman–Crippen MR) is 98.7 cm³/mol. The molecule has 0 aliphatic rings. The third-order valence-corrected chi connectivity index (χ3v) is 3.82. The molecule has 0 unspecified atom stereocenters. The van der Waals surface area contributed by atoms with E-state index in [1.807, 2.05) is 43.4 Å². The fourth-order valence-electron chi connectivity index (χ4n) is 2.22. The third-order valence-electron chi connectivity index (χ3n) is 3.45. The van der Waals surface area contributed by atoms with Gasteiger partial charge in [0.2, 0.25) is 5.91 Å². The molecule has 0 aliphatic heterocycles. The first-order valence-corrected chi connectivity index (χ1v) is 8.21. The lowest BCUT2D eigenvalue weighted by Crippen LogP contribution is -2.25. The Morgan fingerprint density at radius 1 is 1.08 bits per heavy atom. The van der Waals surface area contributed by atoms with Crippen molar-refractivity contribution in [2.24, 2.45) is 0 Å². The third kappa shape index (κ3) is 6.45. The van der Waals surface area contributed by atoms with E-state index in [2.05, 4.69) is 34.2 Å².